The lowest BCUT2D eigenvalue weighted by Crippen LogP contribution is -2.57. The number of urea groups is 1. The average molecular weight is 439 g/mol. The molecule has 8 nitrogen and oxygen atoms in total. The number of hydrogen-bond acceptors (Lipinski definition) is 6. The predicted octanol–water partition coefficient (Wildman–Crippen LogP) is 3.20. The van der Waals surface area contributed by atoms with E-state index in [0.717, 1.165) is 11.3 Å². The first-order valence-electron chi connectivity index (χ1n) is 7.81. The zero-order valence-electron chi connectivity index (χ0n) is 14.3. The van der Waals surface area contributed by atoms with Gasteiger partial charge in [0.15, 0.2) is 0 Å². The van der Waals surface area contributed by atoms with Crippen LogP contribution in [0.1, 0.15) is 31.2 Å². The van der Waals surface area contributed by atoms with Gasteiger partial charge in [0.25, 0.3) is 12.2 Å². The molecular formula is C17H12Cl2N4O4S. The molecule has 11 heteroatoms. The zero-order valence-corrected chi connectivity index (χ0v) is 16.6. The van der Waals surface area contributed by atoms with Crippen molar-refractivity contribution < 1.29 is 19.1 Å². The van der Waals surface area contributed by atoms with Gasteiger partial charge in [-0.3, -0.25) is 9.69 Å². The number of carbonyl (C=O) groups excluding carboxylic acids is 3. The minimum absolute atomic E-state index is 0.0446. The monoisotopic (exact) mass is 438 g/mol. The van der Waals surface area contributed by atoms with Crippen molar-refractivity contribution in [3.8, 4) is 6.26 Å². The number of anilines is 1. The van der Waals surface area contributed by atoms with Gasteiger partial charge in [0, 0.05) is 6.42 Å². The Labute approximate surface area is 173 Å². The van der Waals surface area contributed by atoms with Crippen LogP contribution in [-0.4, -0.2) is 24.1 Å². The van der Waals surface area contributed by atoms with E-state index in [4.69, 9.17) is 34.2 Å². The van der Waals surface area contributed by atoms with Crippen molar-refractivity contribution in [1.82, 2.24) is 5.32 Å². The molecule has 3 amide bonds. The first-order valence-corrected chi connectivity index (χ1v) is 9.39. The van der Waals surface area contributed by atoms with E-state index in [1.54, 1.807) is 18.2 Å². The fourth-order valence-electron chi connectivity index (χ4n) is 2.93. The summed E-state index contributed by atoms with van der Waals surface area (Å²) in [7, 11) is 0. The number of halogens is 2. The third-order valence-electron chi connectivity index (χ3n) is 4.16. The number of rotatable bonds is 3. The van der Waals surface area contributed by atoms with Gasteiger partial charge in [0.1, 0.15) is 16.0 Å². The van der Waals surface area contributed by atoms with E-state index in [0.29, 0.717) is 21.2 Å². The Morgan fingerprint density at radius 2 is 2.11 bits per heavy atom. The van der Waals surface area contributed by atoms with E-state index in [1.165, 1.54) is 18.1 Å². The van der Waals surface area contributed by atoms with Gasteiger partial charge >= 0.3 is 12.0 Å². The molecule has 1 aliphatic heterocycles. The highest BCUT2D eigenvalue weighted by Gasteiger charge is 2.39. The second-order valence-corrected chi connectivity index (χ2v) is 7.68. The first kappa shape index (κ1) is 19.9. The van der Waals surface area contributed by atoms with Crippen LogP contribution in [0, 0.1) is 18.4 Å². The maximum absolute atomic E-state index is 12.6. The van der Waals surface area contributed by atoms with Crippen molar-refractivity contribution in [1.29, 1.82) is 5.26 Å². The molecule has 3 rings (SSSR count). The van der Waals surface area contributed by atoms with Crippen molar-refractivity contribution in [2.75, 3.05) is 4.90 Å². The van der Waals surface area contributed by atoms with Crippen LogP contribution in [0.2, 0.25) is 10.0 Å². The molecule has 1 unspecified atom stereocenters. The Morgan fingerprint density at radius 1 is 1.39 bits per heavy atom. The Hall–Kier alpha value is -2.80. The van der Waals surface area contributed by atoms with Crippen LogP contribution in [-0.2, 0) is 11.2 Å². The summed E-state index contributed by atoms with van der Waals surface area (Å²) in [4.78, 5) is 38.0. The Balaban J connectivity index is 2.03. The minimum atomic E-state index is -0.905. The second kappa shape index (κ2) is 7.67. The van der Waals surface area contributed by atoms with Gasteiger partial charge < -0.3 is 15.8 Å². The number of benzene rings is 1. The summed E-state index contributed by atoms with van der Waals surface area (Å²) in [6, 6.07) is 4.13. The average Bonchev–Trinajstić information content (AvgIpc) is 2.96. The molecule has 28 heavy (non-hydrogen) atoms. The van der Waals surface area contributed by atoms with E-state index in [9.17, 15) is 14.4 Å². The fourth-order valence-corrected chi connectivity index (χ4v) is 4.49. The van der Waals surface area contributed by atoms with Crippen LogP contribution in [0.15, 0.2) is 18.2 Å². The number of nitrogens with one attached hydrogen (secondary N) is 1. The van der Waals surface area contributed by atoms with Crippen LogP contribution >= 0.6 is 34.5 Å². The van der Waals surface area contributed by atoms with Crippen LogP contribution in [0.3, 0.4) is 0 Å². The number of fused-ring (bicyclic) bond motifs is 1. The number of primary amides is 1. The second-order valence-electron chi connectivity index (χ2n) is 5.87. The molecule has 0 saturated carbocycles. The molecular weight excluding hydrogens is 427 g/mol. The van der Waals surface area contributed by atoms with Crippen molar-refractivity contribution in [3.63, 3.8) is 0 Å². The number of amides is 3. The van der Waals surface area contributed by atoms with Gasteiger partial charge in [0.2, 0.25) is 0 Å². The van der Waals surface area contributed by atoms with Crippen molar-refractivity contribution in [2.24, 2.45) is 5.73 Å². The van der Waals surface area contributed by atoms with E-state index < -0.39 is 24.1 Å². The molecule has 0 aliphatic carbocycles. The normalized spacial score (nSPS) is 15.4. The molecule has 0 radical (unpaired) electrons. The summed E-state index contributed by atoms with van der Waals surface area (Å²) in [6.45, 7) is 1.53. The summed E-state index contributed by atoms with van der Waals surface area (Å²) in [5.41, 5.74) is 6.70. The molecule has 2 heterocycles. The number of nitriles is 1. The number of thiophene rings is 1. The maximum atomic E-state index is 12.6. The third kappa shape index (κ3) is 3.49. The largest absolute Gasteiger partial charge is 0.363 e. The standard InChI is InChI=1S/C17H12Cl2N4O4S/c1-7-12-14(24)22-11(5-8-2-3-9(18)10(19)4-8)23(17(21)26)15(12)28-13(7)16(25)27-6-20/h2-4,11H,5H2,1H3,(H2,21,26)(H,22,24). The van der Waals surface area contributed by atoms with Crippen LogP contribution in [0.4, 0.5) is 9.80 Å². The summed E-state index contributed by atoms with van der Waals surface area (Å²) < 4.78 is 4.35. The number of carbonyl (C=O) groups is 3. The molecule has 0 saturated heterocycles. The minimum Gasteiger partial charge on any atom is -0.351 e. The number of esters is 1. The van der Waals surface area contributed by atoms with E-state index in [1.807, 2.05) is 0 Å². The van der Waals surface area contributed by atoms with Gasteiger partial charge in [0.05, 0.1) is 15.6 Å². The van der Waals surface area contributed by atoms with Gasteiger partial charge in [-0.15, -0.1) is 16.6 Å². The zero-order chi connectivity index (χ0) is 20.6. The molecule has 1 aromatic heterocycles. The number of ether oxygens (including phenoxy) is 1. The number of nitrogens with zero attached hydrogens (tertiary/aromatic N) is 2. The van der Waals surface area contributed by atoms with Crippen LogP contribution < -0.4 is 16.0 Å². The summed E-state index contributed by atoms with van der Waals surface area (Å²) in [5, 5.41) is 12.2. The highest BCUT2D eigenvalue weighted by atomic mass is 35.5. The predicted molar refractivity (Wildman–Crippen MR) is 104 cm³/mol. The van der Waals surface area contributed by atoms with E-state index in [2.05, 4.69) is 10.1 Å². The molecule has 0 bridgehead atoms. The van der Waals surface area contributed by atoms with Gasteiger partial charge in [-0.05, 0) is 30.2 Å². The van der Waals surface area contributed by atoms with Gasteiger partial charge in [-0.1, -0.05) is 29.3 Å². The molecule has 1 aromatic carbocycles. The van der Waals surface area contributed by atoms with Crippen molar-refractivity contribution in [3.05, 3.63) is 49.8 Å². The fraction of sp³-hybridized carbons (Fsp3) is 0.176. The van der Waals surface area contributed by atoms with Crippen molar-refractivity contribution in [2.45, 2.75) is 19.5 Å². The lowest BCUT2D eigenvalue weighted by molar-refractivity contribution is 0.0689. The summed E-state index contributed by atoms with van der Waals surface area (Å²) in [6.07, 6.45) is 0.708. The summed E-state index contributed by atoms with van der Waals surface area (Å²) >= 11 is 12.8. The van der Waals surface area contributed by atoms with Gasteiger partial charge in [-0.2, -0.15) is 0 Å². The molecule has 1 atom stereocenters. The molecule has 0 fully saturated rings. The Kier molecular flexibility index (Phi) is 5.47. The van der Waals surface area contributed by atoms with E-state index >= 15 is 0 Å². The number of hydrogen-bond donors (Lipinski definition) is 2. The summed E-state index contributed by atoms with van der Waals surface area (Å²) in [5.74, 6) is -1.38. The smallest absolute Gasteiger partial charge is 0.351 e. The highest BCUT2D eigenvalue weighted by molar-refractivity contribution is 7.18. The molecule has 2 aromatic rings. The molecule has 3 N–H and O–H groups in total. The van der Waals surface area contributed by atoms with Crippen molar-refractivity contribution >= 4 is 57.4 Å². The van der Waals surface area contributed by atoms with E-state index in [-0.39, 0.29) is 21.9 Å². The Bertz CT molecular complexity index is 1050. The molecule has 0 spiro atoms. The lowest BCUT2D eigenvalue weighted by Gasteiger charge is -2.34. The topological polar surface area (TPSA) is 126 Å². The van der Waals surface area contributed by atoms with Gasteiger partial charge in [-0.25, -0.2) is 9.59 Å². The maximum Gasteiger partial charge on any atom is 0.363 e. The number of nitrogens with two attached hydrogens (primary N) is 1. The third-order valence-corrected chi connectivity index (χ3v) is 6.17. The first-order chi connectivity index (χ1) is 13.2. The Morgan fingerprint density at radius 3 is 2.71 bits per heavy atom. The highest BCUT2D eigenvalue weighted by Crippen LogP contribution is 2.40. The SMILES string of the molecule is Cc1c(C(=O)OC#N)sc2c1C(=O)NC(Cc1ccc(Cl)c(Cl)c1)N2C(N)=O. The quantitative estimate of drug-likeness (QED) is 0.561. The lowest BCUT2D eigenvalue weighted by atomic mass is 10.0. The van der Waals surface area contributed by atoms with Crippen LogP contribution in [0.5, 0.6) is 0 Å². The van der Waals surface area contributed by atoms with Crippen LogP contribution in [0.25, 0.3) is 0 Å². The molecule has 1 aliphatic rings. The molecule has 144 valence electrons.